The molecule has 0 unspecified atom stereocenters. The van der Waals surface area contributed by atoms with E-state index in [4.69, 9.17) is 15.2 Å². The normalized spacial score (nSPS) is 10.1. The molecule has 1 amide bonds. The van der Waals surface area contributed by atoms with Crippen LogP contribution in [0.5, 0.6) is 11.5 Å². The summed E-state index contributed by atoms with van der Waals surface area (Å²) in [5, 5.41) is 6.56. The van der Waals surface area contributed by atoms with Gasteiger partial charge in [-0.25, -0.2) is 9.67 Å². The van der Waals surface area contributed by atoms with Crippen molar-refractivity contribution in [2.45, 2.75) is 6.54 Å². The number of ether oxygens (including phenoxy) is 2. The number of nitrogens with two attached hydrogens (primary N) is 1. The van der Waals surface area contributed by atoms with Crippen molar-refractivity contribution < 1.29 is 14.3 Å². The molecule has 0 saturated carbocycles. The zero-order chi connectivity index (χ0) is 14.5. The van der Waals surface area contributed by atoms with E-state index in [9.17, 15) is 4.79 Å². The zero-order valence-corrected chi connectivity index (χ0v) is 11.2. The van der Waals surface area contributed by atoms with Crippen LogP contribution in [0.25, 0.3) is 0 Å². The predicted octanol–water partition coefficient (Wildman–Crippen LogP) is 0.516. The Bertz CT molecular complexity index is 611. The fourth-order valence-corrected chi connectivity index (χ4v) is 1.62. The third-order valence-corrected chi connectivity index (χ3v) is 2.54. The molecule has 0 aliphatic heterocycles. The van der Waals surface area contributed by atoms with Gasteiger partial charge in [0.05, 0.1) is 19.9 Å². The molecule has 20 heavy (non-hydrogen) atoms. The smallest absolute Gasteiger partial charge is 0.246 e. The van der Waals surface area contributed by atoms with Gasteiger partial charge >= 0.3 is 0 Å². The fourth-order valence-electron chi connectivity index (χ4n) is 1.62. The van der Waals surface area contributed by atoms with Gasteiger partial charge in [0, 0.05) is 6.07 Å². The highest BCUT2D eigenvalue weighted by Gasteiger charge is 2.10. The first kappa shape index (κ1) is 13.7. The summed E-state index contributed by atoms with van der Waals surface area (Å²) in [4.78, 5) is 15.6. The van der Waals surface area contributed by atoms with E-state index in [0.29, 0.717) is 17.2 Å². The molecule has 0 atom stereocenters. The van der Waals surface area contributed by atoms with E-state index in [1.54, 1.807) is 25.3 Å². The number of benzene rings is 1. The zero-order valence-electron chi connectivity index (χ0n) is 11.2. The van der Waals surface area contributed by atoms with Crippen molar-refractivity contribution in [1.82, 2.24) is 14.8 Å². The minimum absolute atomic E-state index is 0.0133. The lowest BCUT2D eigenvalue weighted by Crippen LogP contribution is -2.19. The molecule has 1 heterocycles. The first-order valence-corrected chi connectivity index (χ1v) is 5.79. The minimum Gasteiger partial charge on any atom is -0.497 e. The van der Waals surface area contributed by atoms with E-state index in [1.165, 1.54) is 18.1 Å². The highest BCUT2D eigenvalue weighted by atomic mass is 16.5. The first-order valence-electron chi connectivity index (χ1n) is 5.79. The lowest BCUT2D eigenvalue weighted by molar-refractivity contribution is -0.116. The van der Waals surface area contributed by atoms with Crippen LogP contribution < -0.4 is 20.5 Å². The van der Waals surface area contributed by atoms with Gasteiger partial charge in [-0.2, -0.15) is 0 Å². The van der Waals surface area contributed by atoms with Crippen LogP contribution in [0, 0.1) is 0 Å². The Kier molecular flexibility index (Phi) is 4.04. The maximum atomic E-state index is 11.9. The third-order valence-electron chi connectivity index (χ3n) is 2.54. The molecular weight excluding hydrogens is 262 g/mol. The number of methoxy groups -OCH3 is 2. The third kappa shape index (κ3) is 3.16. The first-order chi connectivity index (χ1) is 9.62. The molecule has 0 spiro atoms. The maximum Gasteiger partial charge on any atom is 0.246 e. The number of nitrogens with zero attached hydrogens (tertiary/aromatic N) is 3. The summed E-state index contributed by atoms with van der Waals surface area (Å²) in [5.74, 6) is 1.01. The van der Waals surface area contributed by atoms with E-state index < -0.39 is 0 Å². The molecule has 0 radical (unpaired) electrons. The van der Waals surface area contributed by atoms with Gasteiger partial charge in [-0.3, -0.25) is 4.79 Å². The van der Waals surface area contributed by atoms with Crippen LogP contribution in [-0.2, 0) is 11.3 Å². The number of rotatable bonds is 5. The summed E-state index contributed by atoms with van der Waals surface area (Å²) < 4.78 is 11.6. The van der Waals surface area contributed by atoms with E-state index in [2.05, 4.69) is 15.4 Å². The van der Waals surface area contributed by atoms with Gasteiger partial charge in [0.25, 0.3) is 0 Å². The molecule has 2 aromatic rings. The van der Waals surface area contributed by atoms with Crippen LogP contribution in [0.1, 0.15) is 0 Å². The Morgan fingerprint density at radius 1 is 1.40 bits per heavy atom. The van der Waals surface area contributed by atoms with Gasteiger partial charge < -0.3 is 20.5 Å². The number of carbonyl (C=O) groups is 1. The molecule has 8 heteroatoms. The van der Waals surface area contributed by atoms with E-state index >= 15 is 0 Å². The van der Waals surface area contributed by atoms with Crippen molar-refractivity contribution in [3.63, 3.8) is 0 Å². The molecule has 2 rings (SSSR count). The minimum atomic E-state index is -0.265. The van der Waals surface area contributed by atoms with Gasteiger partial charge in [0.2, 0.25) is 11.9 Å². The molecule has 3 N–H and O–H groups in total. The number of anilines is 2. The van der Waals surface area contributed by atoms with Crippen molar-refractivity contribution in [3.05, 3.63) is 24.5 Å². The highest BCUT2D eigenvalue weighted by molar-refractivity contribution is 5.92. The van der Waals surface area contributed by atoms with Crippen molar-refractivity contribution in [3.8, 4) is 11.5 Å². The van der Waals surface area contributed by atoms with Gasteiger partial charge in [-0.1, -0.05) is 0 Å². The lowest BCUT2D eigenvalue weighted by atomic mass is 10.2. The van der Waals surface area contributed by atoms with Crippen molar-refractivity contribution in [2.24, 2.45) is 0 Å². The maximum absolute atomic E-state index is 11.9. The standard InChI is InChI=1S/C12H15N5O3/c1-19-8-3-4-9(10(5-8)20-2)15-11(18)6-17-7-14-12(13)16-17/h3-5,7H,6H2,1-2H3,(H2,13,16)(H,15,18). The molecule has 1 aromatic heterocycles. The lowest BCUT2D eigenvalue weighted by Gasteiger charge is -2.11. The number of hydrogen-bond donors (Lipinski definition) is 2. The summed E-state index contributed by atoms with van der Waals surface area (Å²) in [5.41, 5.74) is 5.92. The number of nitrogens with one attached hydrogen (secondary N) is 1. The molecule has 0 aliphatic rings. The van der Waals surface area contributed by atoms with Crippen LogP contribution in [0.4, 0.5) is 11.6 Å². The topological polar surface area (TPSA) is 104 Å². The Morgan fingerprint density at radius 2 is 2.20 bits per heavy atom. The Hall–Kier alpha value is -2.77. The van der Waals surface area contributed by atoms with Crippen LogP contribution in [-0.4, -0.2) is 34.9 Å². The second-order valence-electron chi connectivity index (χ2n) is 3.91. The van der Waals surface area contributed by atoms with Crippen LogP contribution in [0.2, 0.25) is 0 Å². The molecule has 0 bridgehead atoms. The quantitative estimate of drug-likeness (QED) is 0.825. The van der Waals surface area contributed by atoms with Gasteiger partial charge in [-0.05, 0) is 12.1 Å². The summed E-state index contributed by atoms with van der Waals surface area (Å²) in [7, 11) is 3.07. The summed E-state index contributed by atoms with van der Waals surface area (Å²) in [6, 6.07) is 5.11. The summed E-state index contributed by atoms with van der Waals surface area (Å²) >= 11 is 0. The van der Waals surface area contributed by atoms with Gasteiger partial charge in [0.15, 0.2) is 0 Å². The SMILES string of the molecule is COc1ccc(NC(=O)Cn2cnc(N)n2)c(OC)c1. The summed E-state index contributed by atoms with van der Waals surface area (Å²) in [6.07, 6.45) is 1.39. The molecule has 106 valence electrons. The van der Waals surface area contributed by atoms with Crippen molar-refractivity contribution >= 4 is 17.5 Å². The average molecular weight is 277 g/mol. The highest BCUT2D eigenvalue weighted by Crippen LogP contribution is 2.28. The Balaban J connectivity index is 2.07. The number of nitrogen functional groups attached to an aromatic ring is 1. The largest absolute Gasteiger partial charge is 0.497 e. The van der Waals surface area contributed by atoms with Crippen LogP contribution >= 0.6 is 0 Å². The predicted molar refractivity (Wildman–Crippen MR) is 72.6 cm³/mol. The van der Waals surface area contributed by atoms with Crippen LogP contribution in [0.15, 0.2) is 24.5 Å². The molecule has 8 nitrogen and oxygen atoms in total. The molecule has 1 aromatic carbocycles. The van der Waals surface area contributed by atoms with Gasteiger partial charge in [-0.15, -0.1) is 5.10 Å². The Morgan fingerprint density at radius 3 is 2.80 bits per heavy atom. The van der Waals surface area contributed by atoms with Crippen molar-refractivity contribution in [1.29, 1.82) is 0 Å². The number of hydrogen-bond acceptors (Lipinski definition) is 6. The number of aromatic nitrogens is 3. The van der Waals surface area contributed by atoms with Crippen LogP contribution in [0.3, 0.4) is 0 Å². The van der Waals surface area contributed by atoms with E-state index in [0.717, 1.165) is 0 Å². The molecule has 0 aliphatic carbocycles. The second-order valence-corrected chi connectivity index (χ2v) is 3.91. The van der Waals surface area contributed by atoms with E-state index in [-0.39, 0.29) is 18.4 Å². The molecule has 0 saturated heterocycles. The average Bonchev–Trinajstić information content (AvgIpc) is 2.84. The van der Waals surface area contributed by atoms with Crippen molar-refractivity contribution in [2.75, 3.05) is 25.3 Å². The monoisotopic (exact) mass is 277 g/mol. The van der Waals surface area contributed by atoms with Gasteiger partial charge in [0.1, 0.15) is 24.4 Å². The van der Waals surface area contributed by atoms with E-state index in [1.807, 2.05) is 0 Å². The molecule has 0 fully saturated rings. The second kappa shape index (κ2) is 5.91. The number of carbonyl (C=O) groups excluding carboxylic acids is 1. The number of amides is 1. The Labute approximate surface area is 115 Å². The summed E-state index contributed by atoms with van der Waals surface area (Å²) in [6.45, 7) is 0.0133. The molecular formula is C12H15N5O3. The fraction of sp³-hybridized carbons (Fsp3) is 0.250.